The summed E-state index contributed by atoms with van der Waals surface area (Å²) in [5, 5.41) is 17.4. The summed E-state index contributed by atoms with van der Waals surface area (Å²) >= 11 is 0. The number of hydrogen-bond acceptors (Lipinski definition) is 4. The molecule has 9 heavy (non-hydrogen) atoms. The van der Waals surface area contributed by atoms with E-state index in [1.807, 2.05) is 0 Å². The Hall–Kier alpha value is 1.39. The fraction of sp³-hybridized carbons (Fsp3) is 0.667. The fourth-order valence-electron chi connectivity index (χ4n) is 0. The number of carboxylic acid groups (broad SMARTS) is 1. The molecule has 2 N–H and O–H groups in total. The van der Waals surface area contributed by atoms with Crippen molar-refractivity contribution in [3.05, 3.63) is 0 Å². The van der Waals surface area contributed by atoms with Crippen LogP contribution in [0.3, 0.4) is 0 Å². The fourth-order valence-corrected chi connectivity index (χ4v) is 0. The number of carbonyl (C=O) groups excluding carboxylic acids is 1. The maximum atomic E-state index is 9.13. The molecule has 0 aromatic carbocycles. The van der Waals surface area contributed by atoms with Gasteiger partial charge in [0.1, 0.15) is 0 Å². The van der Waals surface area contributed by atoms with Crippen LogP contribution >= 0.6 is 0 Å². The van der Waals surface area contributed by atoms with Crippen molar-refractivity contribution in [3.63, 3.8) is 0 Å². The van der Waals surface area contributed by atoms with Crippen LogP contribution in [0, 0.1) is 0 Å². The third kappa shape index (κ3) is 44.6. The second-order valence-electron chi connectivity index (χ2n) is 0.576. The van der Waals surface area contributed by atoms with Crippen LogP contribution in [-0.4, -0.2) is 19.6 Å². The van der Waals surface area contributed by atoms with Crippen LogP contribution in [-0.2, 0) is 4.79 Å². The third-order valence-electron chi connectivity index (χ3n) is 0.167. The van der Waals surface area contributed by atoms with Gasteiger partial charge in [0.15, 0.2) is 0 Å². The molecule has 0 aromatic rings. The van der Waals surface area contributed by atoms with Crippen molar-refractivity contribution >= 4 is 5.97 Å². The summed E-state index contributed by atoms with van der Waals surface area (Å²) in [7, 11) is 0.750. The first-order valence-corrected chi connectivity index (χ1v) is 1.58. The molecule has 4 nitrogen and oxygen atoms in total. The van der Waals surface area contributed by atoms with Gasteiger partial charge in [-0.25, -0.2) is 0 Å². The molecule has 0 aliphatic carbocycles. The largest absolute Gasteiger partial charge is 1.00 e. The van der Waals surface area contributed by atoms with Crippen LogP contribution in [0.4, 0.5) is 0 Å². The molecular weight excluding hydrogens is 144 g/mol. The van der Waals surface area contributed by atoms with Crippen LogP contribution in [0.5, 0.6) is 0 Å². The van der Waals surface area contributed by atoms with E-state index in [1.54, 1.807) is 0 Å². The Morgan fingerprint density at radius 1 is 1.44 bits per heavy atom. The second-order valence-corrected chi connectivity index (χ2v) is 0.576. The maximum absolute atomic E-state index is 9.13. The van der Waals surface area contributed by atoms with Gasteiger partial charge in [0.25, 0.3) is 0 Å². The van der Waals surface area contributed by atoms with E-state index in [0.29, 0.717) is 0 Å². The summed E-state index contributed by atoms with van der Waals surface area (Å²) in [5.41, 5.74) is 4.51. The van der Waals surface area contributed by atoms with E-state index in [0.717, 1.165) is 7.11 Å². The smallest absolute Gasteiger partial charge is 0.857 e. The van der Waals surface area contributed by atoms with Gasteiger partial charge < -0.3 is 20.7 Å². The van der Waals surface area contributed by atoms with E-state index in [1.165, 1.54) is 0 Å². The molecule has 0 aliphatic heterocycles. The van der Waals surface area contributed by atoms with Gasteiger partial charge in [-0.3, -0.25) is 0 Å². The molecule has 0 rings (SSSR count). The van der Waals surface area contributed by atoms with Crippen LogP contribution < -0.4 is 75.1 Å². The number of aliphatic carboxylic acids is 1. The van der Waals surface area contributed by atoms with E-state index in [2.05, 4.69) is 5.73 Å². The zero-order valence-corrected chi connectivity index (χ0v) is 10.0. The Morgan fingerprint density at radius 2 is 1.56 bits per heavy atom. The Morgan fingerprint density at radius 3 is 1.56 bits per heavy atom. The van der Waals surface area contributed by atoms with Crippen LogP contribution in [0.2, 0.25) is 0 Å². The molecule has 0 spiro atoms. The summed E-state index contributed by atoms with van der Waals surface area (Å²) < 4.78 is 0. The molecule has 0 saturated heterocycles. The molecule has 0 unspecified atom stereocenters. The Labute approximate surface area is 98.4 Å². The van der Waals surface area contributed by atoms with E-state index in [4.69, 9.17) is 15.0 Å². The molecule has 0 heterocycles. The van der Waals surface area contributed by atoms with Crippen LogP contribution in [0.1, 0.15) is 0 Å². The summed E-state index contributed by atoms with van der Waals surface area (Å²) in [5.74, 6) is -1.22. The van der Waals surface area contributed by atoms with Crippen molar-refractivity contribution in [2.75, 3.05) is 13.7 Å². The van der Waals surface area contributed by atoms with Gasteiger partial charge in [0.2, 0.25) is 0 Å². The normalized spacial score (nSPS) is 4.78. The molecule has 0 aliphatic rings. The Bertz CT molecular complexity index is 52.3. The van der Waals surface area contributed by atoms with Gasteiger partial charge in [0.05, 0.1) is 5.97 Å². The number of carbonyl (C=O) groups is 1. The first-order valence-electron chi connectivity index (χ1n) is 1.58. The van der Waals surface area contributed by atoms with Gasteiger partial charge >= 0.3 is 59.1 Å². The van der Waals surface area contributed by atoms with E-state index in [-0.39, 0.29) is 65.7 Å². The molecule has 0 atom stereocenters. The van der Waals surface area contributed by atoms with E-state index >= 15 is 0 Å². The number of nitrogens with two attached hydrogens (primary N) is 1. The topological polar surface area (TPSA) is 89.2 Å². The molecule has 0 aromatic heterocycles. The first kappa shape index (κ1) is 22.4. The molecule has 0 saturated carbocycles. The SMILES string of the molecule is C[O-].NCC(=O)[O-].[Na+].[Na+]. The minimum atomic E-state index is -1.22. The predicted molar refractivity (Wildman–Crippen MR) is 20.0 cm³/mol. The molecule has 0 fully saturated rings. The van der Waals surface area contributed by atoms with E-state index < -0.39 is 5.97 Å². The van der Waals surface area contributed by atoms with Gasteiger partial charge in [-0.05, 0) is 0 Å². The Balaban J connectivity index is -0.0000000286. The van der Waals surface area contributed by atoms with Gasteiger partial charge in [-0.15, -0.1) is 0 Å². The Kier molecular flexibility index (Phi) is 56.7. The van der Waals surface area contributed by atoms with Gasteiger partial charge in [-0.2, -0.15) is 7.11 Å². The zero-order valence-electron chi connectivity index (χ0n) is 6.01. The van der Waals surface area contributed by atoms with Crippen molar-refractivity contribution in [2.24, 2.45) is 5.73 Å². The van der Waals surface area contributed by atoms with Crippen molar-refractivity contribution < 1.29 is 74.1 Å². The standard InChI is InChI=1S/C2H5NO2.CH3O.2Na/c3-1-2(4)5;1-2;;/h1,3H2,(H,4,5);1H3;;/q;-1;2*+1/p-1. The van der Waals surface area contributed by atoms with Crippen molar-refractivity contribution in [3.8, 4) is 0 Å². The summed E-state index contributed by atoms with van der Waals surface area (Å²) in [6.07, 6.45) is 0. The average molecular weight is 151 g/mol. The molecule has 0 amide bonds. The number of hydrogen-bond donors (Lipinski definition) is 1. The monoisotopic (exact) mass is 151 g/mol. The quantitative estimate of drug-likeness (QED) is 0.377. The maximum Gasteiger partial charge on any atom is 1.00 e. The van der Waals surface area contributed by atoms with Gasteiger partial charge in [0, 0.05) is 6.54 Å². The number of rotatable bonds is 1. The molecule has 6 heteroatoms. The van der Waals surface area contributed by atoms with Crippen molar-refractivity contribution in [2.45, 2.75) is 0 Å². The van der Waals surface area contributed by atoms with Crippen molar-refractivity contribution in [1.29, 1.82) is 0 Å². The third-order valence-corrected chi connectivity index (χ3v) is 0.167. The second kappa shape index (κ2) is 22.8. The summed E-state index contributed by atoms with van der Waals surface area (Å²) in [6, 6.07) is 0. The first-order chi connectivity index (χ1) is 3.27. The van der Waals surface area contributed by atoms with E-state index in [9.17, 15) is 0 Å². The molecule has 0 radical (unpaired) electrons. The molecule has 0 bridgehead atoms. The number of carboxylic acids is 1. The average Bonchev–Trinajstić information content (AvgIpc) is 1.73. The summed E-state index contributed by atoms with van der Waals surface area (Å²) in [6.45, 7) is -0.389. The van der Waals surface area contributed by atoms with Crippen LogP contribution in [0.15, 0.2) is 0 Å². The minimum Gasteiger partial charge on any atom is -0.857 e. The molecular formula is C3H7NNa2O3. The molecule has 44 valence electrons. The minimum absolute atomic E-state index is 0. The predicted octanol–water partition coefficient (Wildman–Crippen LogP) is -9.32. The van der Waals surface area contributed by atoms with Gasteiger partial charge in [-0.1, -0.05) is 0 Å². The van der Waals surface area contributed by atoms with Crippen LogP contribution in [0.25, 0.3) is 0 Å². The summed E-state index contributed by atoms with van der Waals surface area (Å²) in [4.78, 5) is 9.13. The zero-order chi connectivity index (χ0) is 6.28. The van der Waals surface area contributed by atoms with Crippen molar-refractivity contribution in [1.82, 2.24) is 0 Å².